The van der Waals surface area contributed by atoms with Crippen molar-refractivity contribution in [1.82, 2.24) is 4.98 Å². The van der Waals surface area contributed by atoms with E-state index in [1.54, 1.807) is 45.7 Å². The van der Waals surface area contributed by atoms with Gasteiger partial charge in [-0.05, 0) is 72.2 Å². The van der Waals surface area contributed by atoms with Crippen LogP contribution in [0.3, 0.4) is 0 Å². The second-order valence-corrected chi connectivity index (χ2v) is 8.27. The van der Waals surface area contributed by atoms with Gasteiger partial charge in [0.25, 0.3) is 0 Å². The highest BCUT2D eigenvalue weighted by Gasteiger charge is 2.29. The number of ether oxygens (including phenoxy) is 5. The maximum Gasteiger partial charge on any atom is 0.345 e. The van der Waals surface area contributed by atoms with Gasteiger partial charge in [0.2, 0.25) is 0 Å². The minimum absolute atomic E-state index is 0.363. The van der Waals surface area contributed by atoms with E-state index in [0.717, 1.165) is 36.5 Å². The molecule has 178 valence electrons. The minimum atomic E-state index is -0.474. The second-order valence-electron chi connectivity index (χ2n) is 8.27. The molecule has 2 atom stereocenters. The van der Waals surface area contributed by atoms with E-state index >= 15 is 0 Å². The number of nitrogens with zero attached hydrogens (tertiary/aromatic N) is 1. The van der Waals surface area contributed by atoms with Crippen molar-refractivity contribution in [2.45, 2.75) is 12.8 Å². The van der Waals surface area contributed by atoms with Crippen molar-refractivity contribution in [3.05, 3.63) is 77.6 Å². The average molecular weight is 464 g/mol. The lowest BCUT2D eigenvalue weighted by Crippen LogP contribution is -2.18. The van der Waals surface area contributed by atoms with Crippen LogP contribution in [0.4, 0.5) is 0 Å². The Morgan fingerprint density at radius 1 is 0.853 bits per heavy atom. The third-order valence-corrected chi connectivity index (χ3v) is 6.10. The fourth-order valence-corrected chi connectivity index (χ4v) is 4.27. The Hall–Kier alpha value is -3.58. The number of carbonyl (C=O) groups is 1. The van der Waals surface area contributed by atoms with Gasteiger partial charge in [0.15, 0.2) is 23.0 Å². The van der Waals surface area contributed by atoms with Crippen molar-refractivity contribution in [2.24, 2.45) is 11.8 Å². The molecule has 7 heteroatoms. The zero-order valence-electron chi connectivity index (χ0n) is 19.7. The van der Waals surface area contributed by atoms with Gasteiger partial charge in [-0.25, -0.2) is 4.79 Å². The number of hydrogen-bond donors (Lipinski definition) is 0. The number of esters is 1. The Bertz CT molecular complexity index is 1120. The fraction of sp³-hybridized carbons (Fsp3) is 0.333. The van der Waals surface area contributed by atoms with Gasteiger partial charge in [-0.1, -0.05) is 12.1 Å². The lowest BCUT2D eigenvalue weighted by atomic mass is 9.85. The summed E-state index contributed by atoms with van der Waals surface area (Å²) in [6.45, 7) is 1.43. The van der Waals surface area contributed by atoms with Gasteiger partial charge in [0, 0.05) is 12.4 Å². The van der Waals surface area contributed by atoms with Crippen molar-refractivity contribution in [3.63, 3.8) is 0 Å². The van der Waals surface area contributed by atoms with Gasteiger partial charge >= 0.3 is 5.97 Å². The van der Waals surface area contributed by atoms with Crippen molar-refractivity contribution in [1.29, 1.82) is 0 Å². The molecule has 4 rings (SSSR count). The molecule has 0 unspecified atom stereocenters. The van der Waals surface area contributed by atoms with Crippen LogP contribution in [0.25, 0.3) is 0 Å². The summed E-state index contributed by atoms with van der Waals surface area (Å²) in [6, 6.07) is 15.1. The molecule has 2 aromatic carbocycles. The molecule has 0 spiro atoms. The molecule has 0 radical (unpaired) electrons. The van der Waals surface area contributed by atoms with E-state index in [1.165, 1.54) is 11.8 Å². The van der Waals surface area contributed by atoms with Crippen LogP contribution in [0.2, 0.25) is 0 Å². The van der Waals surface area contributed by atoms with E-state index in [1.807, 2.05) is 24.3 Å². The van der Waals surface area contributed by atoms with Crippen LogP contribution >= 0.6 is 0 Å². The fourth-order valence-electron chi connectivity index (χ4n) is 4.27. The van der Waals surface area contributed by atoms with Crippen LogP contribution < -0.4 is 18.9 Å². The molecule has 1 aliphatic heterocycles. The van der Waals surface area contributed by atoms with Crippen LogP contribution in [-0.4, -0.2) is 45.5 Å². The Morgan fingerprint density at radius 2 is 1.44 bits per heavy atom. The lowest BCUT2D eigenvalue weighted by Gasteiger charge is -2.19. The highest BCUT2D eigenvalue weighted by atomic mass is 16.6. The summed E-state index contributed by atoms with van der Waals surface area (Å²) in [5.74, 6) is 2.63. The van der Waals surface area contributed by atoms with E-state index in [9.17, 15) is 4.79 Å². The van der Waals surface area contributed by atoms with Crippen molar-refractivity contribution < 1.29 is 28.5 Å². The molecule has 2 heterocycles. The Morgan fingerprint density at radius 3 is 2.00 bits per heavy atom. The van der Waals surface area contributed by atoms with Gasteiger partial charge in [0.05, 0.1) is 40.1 Å². The van der Waals surface area contributed by atoms with Gasteiger partial charge in [0.1, 0.15) is 0 Å². The first kappa shape index (κ1) is 23.6. The van der Waals surface area contributed by atoms with E-state index in [-0.39, 0.29) is 0 Å². The molecule has 7 nitrogen and oxygen atoms in total. The molecule has 3 aromatic rings. The minimum Gasteiger partial charge on any atom is -0.493 e. The Kier molecular flexibility index (Phi) is 7.65. The number of pyridine rings is 1. The van der Waals surface area contributed by atoms with Gasteiger partial charge in [-0.3, -0.25) is 4.98 Å². The molecule has 1 saturated heterocycles. The van der Waals surface area contributed by atoms with Crippen LogP contribution in [0.5, 0.6) is 23.0 Å². The molecule has 34 heavy (non-hydrogen) atoms. The number of rotatable bonds is 9. The molecule has 0 N–H and O–H groups in total. The SMILES string of the molecule is COc1ccc(C[C@H]2COC[C@@H]2Cc2ccc(OC(=O)c3cccnc3)c(OC)c2)cc1OC. The van der Waals surface area contributed by atoms with E-state index in [0.29, 0.717) is 35.5 Å². The summed E-state index contributed by atoms with van der Waals surface area (Å²) in [6.07, 6.45) is 4.81. The summed E-state index contributed by atoms with van der Waals surface area (Å²) in [5, 5.41) is 0. The largest absolute Gasteiger partial charge is 0.493 e. The summed E-state index contributed by atoms with van der Waals surface area (Å²) >= 11 is 0. The zero-order valence-corrected chi connectivity index (χ0v) is 19.7. The number of methoxy groups -OCH3 is 3. The molecule has 0 saturated carbocycles. The molecule has 1 aliphatic rings. The van der Waals surface area contributed by atoms with E-state index in [2.05, 4.69) is 11.1 Å². The average Bonchev–Trinajstić information content (AvgIpc) is 3.31. The first-order valence-corrected chi connectivity index (χ1v) is 11.2. The number of carbonyl (C=O) groups excluding carboxylic acids is 1. The molecular formula is C27H29NO6. The molecule has 1 fully saturated rings. The van der Waals surface area contributed by atoms with Crippen LogP contribution in [-0.2, 0) is 17.6 Å². The maximum absolute atomic E-state index is 12.4. The predicted octanol–water partition coefficient (Wildman–Crippen LogP) is 4.37. The highest BCUT2D eigenvalue weighted by Crippen LogP contribution is 2.34. The lowest BCUT2D eigenvalue weighted by molar-refractivity contribution is 0.0729. The normalized spacial score (nSPS) is 17.3. The number of hydrogen-bond acceptors (Lipinski definition) is 7. The van der Waals surface area contributed by atoms with Crippen LogP contribution in [0.1, 0.15) is 21.5 Å². The summed E-state index contributed by atoms with van der Waals surface area (Å²) in [4.78, 5) is 16.4. The number of benzene rings is 2. The standard InChI is InChI=1S/C27H29NO6/c1-30-23-8-6-18(13-25(23)31-2)11-21-16-33-17-22(21)12-19-7-9-24(26(14-19)32-3)34-27(29)20-5-4-10-28-15-20/h4-10,13-15,21-22H,11-12,16-17H2,1-3H3/t21-,22-/m0/s1. The quantitative estimate of drug-likeness (QED) is 0.344. The van der Waals surface area contributed by atoms with Crippen molar-refractivity contribution in [2.75, 3.05) is 34.5 Å². The van der Waals surface area contributed by atoms with E-state index < -0.39 is 5.97 Å². The zero-order chi connectivity index (χ0) is 23.9. The highest BCUT2D eigenvalue weighted by molar-refractivity contribution is 5.90. The summed E-state index contributed by atoms with van der Waals surface area (Å²) in [5.41, 5.74) is 2.67. The molecule has 0 aliphatic carbocycles. The van der Waals surface area contributed by atoms with Crippen LogP contribution in [0, 0.1) is 11.8 Å². The molecule has 1 aromatic heterocycles. The second kappa shape index (κ2) is 11.0. The third kappa shape index (κ3) is 5.48. The smallest absolute Gasteiger partial charge is 0.345 e. The van der Waals surface area contributed by atoms with E-state index in [4.69, 9.17) is 23.7 Å². The molecule has 0 amide bonds. The summed E-state index contributed by atoms with van der Waals surface area (Å²) in [7, 11) is 4.85. The number of aromatic nitrogens is 1. The first-order chi connectivity index (χ1) is 16.6. The Balaban J connectivity index is 1.44. The van der Waals surface area contributed by atoms with Gasteiger partial charge in [-0.2, -0.15) is 0 Å². The Labute approximate surface area is 199 Å². The predicted molar refractivity (Wildman–Crippen MR) is 127 cm³/mol. The monoisotopic (exact) mass is 463 g/mol. The summed E-state index contributed by atoms with van der Waals surface area (Å²) < 4.78 is 27.7. The topological polar surface area (TPSA) is 76.1 Å². The maximum atomic E-state index is 12.4. The van der Waals surface area contributed by atoms with Gasteiger partial charge in [-0.15, -0.1) is 0 Å². The van der Waals surface area contributed by atoms with Crippen LogP contribution in [0.15, 0.2) is 60.9 Å². The molecular weight excluding hydrogens is 434 g/mol. The first-order valence-electron chi connectivity index (χ1n) is 11.2. The third-order valence-electron chi connectivity index (χ3n) is 6.10. The van der Waals surface area contributed by atoms with Crippen molar-refractivity contribution >= 4 is 5.97 Å². The molecule has 0 bridgehead atoms. The van der Waals surface area contributed by atoms with Crippen molar-refractivity contribution in [3.8, 4) is 23.0 Å². The van der Waals surface area contributed by atoms with Gasteiger partial charge < -0.3 is 23.7 Å².